The van der Waals surface area contributed by atoms with Crippen LogP contribution in [0.15, 0.2) is 29.7 Å². The minimum Gasteiger partial charge on any atom is -0.447 e. The van der Waals surface area contributed by atoms with E-state index in [2.05, 4.69) is 33.4 Å². The van der Waals surface area contributed by atoms with Gasteiger partial charge in [-0.3, -0.25) is 5.10 Å². The average Bonchev–Trinajstić information content (AvgIpc) is 3.18. The SMILES string of the molecule is Cc1[nH]nc2c1C(c1cc(C#CC3CC(NC(=O)OC(C)C)C3)cc(CO)c1)(C(C)C)C(C#N)=C(N)O2. The highest BCUT2D eigenvalue weighted by atomic mass is 16.6. The molecule has 1 atom stereocenters. The third kappa shape index (κ3) is 4.75. The van der Waals surface area contributed by atoms with Crippen LogP contribution in [0.3, 0.4) is 0 Å². The summed E-state index contributed by atoms with van der Waals surface area (Å²) in [6, 6.07) is 8.02. The van der Waals surface area contributed by atoms with E-state index in [0.29, 0.717) is 17.0 Å². The fourth-order valence-electron chi connectivity index (χ4n) is 5.30. The first-order valence-electron chi connectivity index (χ1n) is 12.5. The summed E-state index contributed by atoms with van der Waals surface area (Å²) in [6.07, 6.45) is 0.920. The van der Waals surface area contributed by atoms with Gasteiger partial charge in [0.15, 0.2) is 0 Å². The van der Waals surface area contributed by atoms with Crippen LogP contribution in [0.1, 0.15) is 68.5 Å². The molecule has 4 rings (SSSR count). The third-order valence-electron chi connectivity index (χ3n) is 6.99. The predicted octanol–water partition coefficient (Wildman–Crippen LogP) is 3.50. The van der Waals surface area contributed by atoms with Gasteiger partial charge < -0.3 is 25.6 Å². The molecule has 0 radical (unpaired) electrons. The number of nitrogens with zero attached hydrogens (tertiary/aromatic N) is 2. The number of benzene rings is 1. The number of aromatic nitrogens is 2. The van der Waals surface area contributed by atoms with E-state index in [1.807, 2.05) is 52.8 Å². The van der Waals surface area contributed by atoms with Gasteiger partial charge in [0.25, 0.3) is 0 Å². The number of ether oxygens (including phenoxy) is 2. The highest BCUT2D eigenvalue weighted by molar-refractivity contribution is 5.68. The van der Waals surface area contributed by atoms with Crippen LogP contribution < -0.4 is 15.8 Å². The van der Waals surface area contributed by atoms with Crippen molar-refractivity contribution in [3.63, 3.8) is 0 Å². The van der Waals surface area contributed by atoms with E-state index in [9.17, 15) is 15.2 Å². The maximum absolute atomic E-state index is 11.8. The third-order valence-corrected chi connectivity index (χ3v) is 6.99. The molecule has 1 aliphatic heterocycles. The van der Waals surface area contributed by atoms with Crippen molar-refractivity contribution < 1.29 is 19.4 Å². The van der Waals surface area contributed by atoms with Crippen molar-refractivity contribution >= 4 is 6.09 Å². The molecule has 1 aromatic carbocycles. The van der Waals surface area contributed by atoms with E-state index in [1.54, 1.807) is 0 Å². The van der Waals surface area contributed by atoms with Gasteiger partial charge in [-0.15, -0.1) is 5.10 Å². The Balaban J connectivity index is 1.69. The van der Waals surface area contributed by atoms with Crippen LogP contribution >= 0.6 is 0 Å². The quantitative estimate of drug-likeness (QED) is 0.457. The molecule has 2 aromatic rings. The standard InChI is InChI=1S/C28H33N5O4/c1-15(2)28(23(13-29)25(30)37-26-24(28)17(5)32-33-26)21-9-18(8-20(10-21)14-34)6-7-19-11-22(12-19)31-27(35)36-16(3)4/h8-10,15-16,19,22,34H,11-12,14,30H2,1-5H3,(H,31,35)(H,32,33). The second-order valence-electron chi connectivity index (χ2n) is 10.3. The second-order valence-corrected chi connectivity index (χ2v) is 10.3. The lowest BCUT2D eigenvalue weighted by Crippen LogP contribution is -2.44. The van der Waals surface area contributed by atoms with E-state index in [1.165, 1.54) is 0 Å². The number of nitrogens with two attached hydrogens (primary N) is 1. The molecule has 37 heavy (non-hydrogen) atoms. The first-order valence-corrected chi connectivity index (χ1v) is 12.5. The van der Waals surface area contributed by atoms with Crippen LogP contribution in [0, 0.1) is 41.9 Å². The smallest absolute Gasteiger partial charge is 0.407 e. The van der Waals surface area contributed by atoms with Crippen molar-refractivity contribution in [2.75, 3.05) is 0 Å². The number of nitrogens with one attached hydrogen (secondary N) is 2. The zero-order chi connectivity index (χ0) is 26.9. The van der Waals surface area contributed by atoms with Gasteiger partial charge in [-0.05, 0) is 62.8 Å². The van der Waals surface area contributed by atoms with Crippen LogP contribution in [-0.2, 0) is 16.8 Å². The number of hydrogen-bond donors (Lipinski definition) is 4. The molecule has 9 nitrogen and oxygen atoms in total. The summed E-state index contributed by atoms with van der Waals surface area (Å²) in [5.41, 5.74) is 9.32. The first-order chi connectivity index (χ1) is 17.6. The lowest BCUT2D eigenvalue weighted by molar-refractivity contribution is 0.105. The Morgan fingerprint density at radius 2 is 2.08 bits per heavy atom. The Morgan fingerprint density at radius 3 is 2.70 bits per heavy atom. The van der Waals surface area contributed by atoms with Gasteiger partial charge in [0.2, 0.25) is 11.8 Å². The van der Waals surface area contributed by atoms with Crippen LogP contribution in [0.5, 0.6) is 5.88 Å². The minimum atomic E-state index is -0.937. The van der Waals surface area contributed by atoms with Crippen LogP contribution in [0.25, 0.3) is 0 Å². The number of aryl methyl sites for hydroxylation is 1. The molecule has 2 heterocycles. The van der Waals surface area contributed by atoms with Crippen molar-refractivity contribution in [1.82, 2.24) is 15.5 Å². The Hall–Kier alpha value is -3.95. The fraction of sp³-hybridized carbons (Fsp3) is 0.464. The van der Waals surface area contributed by atoms with Crippen molar-refractivity contribution in [1.29, 1.82) is 5.26 Å². The second kappa shape index (κ2) is 10.2. The number of aromatic amines is 1. The zero-order valence-corrected chi connectivity index (χ0v) is 21.8. The number of H-pyrrole nitrogens is 1. The molecule has 194 valence electrons. The lowest BCUT2D eigenvalue weighted by Gasteiger charge is -2.41. The van der Waals surface area contributed by atoms with Crippen LogP contribution in [0.4, 0.5) is 4.79 Å². The summed E-state index contributed by atoms with van der Waals surface area (Å²) >= 11 is 0. The van der Waals surface area contributed by atoms with Crippen molar-refractivity contribution in [2.24, 2.45) is 17.6 Å². The zero-order valence-electron chi connectivity index (χ0n) is 21.8. The highest BCUT2D eigenvalue weighted by Gasteiger charge is 2.50. The Labute approximate surface area is 217 Å². The van der Waals surface area contributed by atoms with E-state index in [4.69, 9.17) is 15.2 Å². The van der Waals surface area contributed by atoms with Crippen molar-refractivity contribution in [3.8, 4) is 23.8 Å². The number of amides is 1. The Morgan fingerprint density at radius 1 is 1.35 bits per heavy atom. The normalized spacial score (nSPS) is 22.4. The molecule has 1 aliphatic carbocycles. The molecule has 1 saturated carbocycles. The molecule has 5 N–H and O–H groups in total. The molecule has 1 aromatic heterocycles. The van der Waals surface area contributed by atoms with Gasteiger partial charge in [-0.25, -0.2) is 4.79 Å². The largest absolute Gasteiger partial charge is 0.447 e. The Bertz CT molecular complexity index is 1330. The van der Waals surface area contributed by atoms with Gasteiger partial charge in [-0.2, -0.15) is 5.26 Å². The number of fused-ring (bicyclic) bond motifs is 1. The van der Waals surface area contributed by atoms with E-state index in [-0.39, 0.29) is 36.5 Å². The molecular weight excluding hydrogens is 470 g/mol. The number of hydrogen-bond acceptors (Lipinski definition) is 7. The van der Waals surface area contributed by atoms with Gasteiger partial charge in [0.05, 0.1) is 23.7 Å². The van der Waals surface area contributed by atoms with Gasteiger partial charge in [-0.1, -0.05) is 31.8 Å². The minimum absolute atomic E-state index is 0.0150. The molecule has 0 spiro atoms. The molecule has 1 fully saturated rings. The van der Waals surface area contributed by atoms with Crippen molar-refractivity contribution in [2.45, 2.75) is 71.6 Å². The molecule has 9 heteroatoms. The number of rotatable bonds is 5. The molecule has 0 bridgehead atoms. The van der Waals surface area contributed by atoms with Gasteiger partial charge >= 0.3 is 6.09 Å². The summed E-state index contributed by atoms with van der Waals surface area (Å²) in [7, 11) is 0. The number of aliphatic hydroxyl groups is 1. The first kappa shape index (κ1) is 26.1. The Kier molecular flexibility index (Phi) is 7.20. The number of allylic oxidation sites excluding steroid dienone is 1. The van der Waals surface area contributed by atoms with E-state index < -0.39 is 11.5 Å². The molecule has 1 unspecified atom stereocenters. The maximum atomic E-state index is 11.8. The number of carbonyl (C=O) groups excluding carboxylic acids is 1. The molecule has 2 aliphatic rings. The van der Waals surface area contributed by atoms with E-state index in [0.717, 1.165) is 35.2 Å². The number of aliphatic hydroxyl groups excluding tert-OH is 1. The molecule has 1 amide bonds. The number of nitriles is 1. The van der Waals surface area contributed by atoms with Crippen LogP contribution in [-0.4, -0.2) is 33.5 Å². The maximum Gasteiger partial charge on any atom is 0.407 e. The van der Waals surface area contributed by atoms with Crippen molar-refractivity contribution in [3.05, 3.63) is 57.6 Å². The topological polar surface area (TPSA) is 146 Å². The summed E-state index contributed by atoms with van der Waals surface area (Å²) in [4.78, 5) is 11.8. The lowest BCUT2D eigenvalue weighted by atomic mass is 9.61. The van der Waals surface area contributed by atoms with Crippen LogP contribution in [0.2, 0.25) is 0 Å². The van der Waals surface area contributed by atoms with E-state index >= 15 is 0 Å². The summed E-state index contributed by atoms with van der Waals surface area (Å²) in [5, 5.41) is 30.4. The van der Waals surface area contributed by atoms with Gasteiger partial charge in [0, 0.05) is 23.2 Å². The summed E-state index contributed by atoms with van der Waals surface area (Å²) in [6.45, 7) is 9.37. The summed E-state index contributed by atoms with van der Waals surface area (Å²) in [5.74, 6) is 6.94. The molecule has 0 saturated heterocycles. The average molecular weight is 504 g/mol. The fourth-order valence-corrected chi connectivity index (χ4v) is 5.30. The van der Waals surface area contributed by atoms with Gasteiger partial charge in [0.1, 0.15) is 11.6 Å². The molecular formula is C28H33N5O4. The number of carbonyl (C=O) groups is 1. The predicted molar refractivity (Wildman–Crippen MR) is 137 cm³/mol. The number of alkyl carbamates (subject to hydrolysis) is 1. The summed E-state index contributed by atoms with van der Waals surface area (Å²) < 4.78 is 10.8. The highest BCUT2D eigenvalue weighted by Crippen LogP contribution is 2.52. The monoisotopic (exact) mass is 503 g/mol.